The summed E-state index contributed by atoms with van der Waals surface area (Å²) in [5.41, 5.74) is 2.53. The molecule has 2 heterocycles. The zero-order valence-corrected chi connectivity index (χ0v) is 10.1. The van der Waals surface area contributed by atoms with Gasteiger partial charge in [0.25, 0.3) is 0 Å². The predicted molar refractivity (Wildman–Crippen MR) is 74.0 cm³/mol. The SMILES string of the molecule is Clc1cccc2cc3c(cc12)oc1cccnc13. The molecule has 0 aliphatic heterocycles. The van der Waals surface area contributed by atoms with Crippen LogP contribution in [0.25, 0.3) is 32.8 Å². The van der Waals surface area contributed by atoms with Gasteiger partial charge in [-0.25, -0.2) is 0 Å². The van der Waals surface area contributed by atoms with E-state index in [1.807, 2.05) is 36.4 Å². The number of hydrogen-bond donors (Lipinski definition) is 0. The molecule has 0 fully saturated rings. The lowest BCUT2D eigenvalue weighted by Gasteiger charge is -1.99. The van der Waals surface area contributed by atoms with E-state index in [1.54, 1.807) is 6.20 Å². The van der Waals surface area contributed by atoms with Gasteiger partial charge in [0.05, 0.1) is 0 Å². The summed E-state index contributed by atoms with van der Waals surface area (Å²) in [7, 11) is 0. The Bertz CT molecular complexity index is 895. The summed E-state index contributed by atoms with van der Waals surface area (Å²) < 4.78 is 5.79. The molecule has 0 saturated heterocycles. The summed E-state index contributed by atoms with van der Waals surface area (Å²) in [6.07, 6.45) is 1.78. The normalized spacial score (nSPS) is 11.6. The van der Waals surface area contributed by atoms with Gasteiger partial charge < -0.3 is 4.42 Å². The lowest BCUT2D eigenvalue weighted by atomic mass is 10.1. The highest BCUT2D eigenvalue weighted by Crippen LogP contribution is 2.33. The number of nitrogens with zero attached hydrogens (tertiary/aromatic N) is 1. The summed E-state index contributed by atoms with van der Waals surface area (Å²) in [4.78, 5) is 4.37. The minimum Gasteiger partial charge on any atom is -0.454 e. The molecule has 0 aliphatic rings. The second-order valence-electron chi connectivity index (χ2n) is 4.26. The van der Waals surface area contributed by atoms with Crippen molar-refractivity contribution in [3.63, 3.8) is 0 Å². The topological polar surface area (TPSA) is 26.0 Å². The van der Waals surface area contributed by atoms with Crippen molar-refractivity contribution in [2.45, 2.75) is 0 Å². The Hall–Kier alpha value is -2.06. The molecule has 0 aliphatic carbocycles. The number of fused-ring (bicyclic) bond motifs is 4. The van der Waals surface area contributed by atoms with Crippen molar-refractivity contribution in [1.82, 2.24) is 4.98 Å². The maximum atomic E-state index is 6.20. The first kappa shape index (κ1) is 9.92. The van der Waals surface area contributed by atoms with Gasteiger partial charge in [-0.2, -0.15) is 0 Å². The molecule has 4 aromatic rings. The minimum absolute atomic E-state index is 0.739. The molecular weight excluding hydrogens is 246 g/mol. The summed E-state index contributed by atoms with van der Waals surface area (Å²) in [6, 6.07) is 13.7. The Kier molecular flexibility index (Phi) is 1.91. The molecule has 2 nitrogen and oxygen atoms in total. The second-order valence-corrected chi connectivity index (χ2v) is 4.67. The fourth-order valence-corrected chi connectivity index (χ4v) is 2.57. The van der Waals surface area contributed by atoms with Crippen LogP contribution in [-0.4, -0.2) is 4.98 Å². The van der Waals surface area contributed by atoms with E-state index in [9.17, 15) is 0 Å². The third-order valence-corrected chi connectivity index (χ3v) is 3.50. The first-order chi connectivity index (χ1) is 8.83. The van der Waals surface area contributed by atoms with Crippen LogP contribution in [0.2, 0.25) is 5.02 Å². The quantitative estimate of drug-likeness (QED) is 0.450. The van der Waals surface area contributed by atoms with Crippen LogP contribution in [0.1, 0.15) is 0 Å². The number of aromatic nitrogens is 1. The van der Waals surface area contributed by atoms with E-state index in [0.29, 0.717) is 0 Å². The van der Waals surface area contributed by atoms with Crippen molar-refractivity contribution in [2.24, 2.45) is 0 Å². The van der Waals surface area contributed by atoms with Crippen molar-refractivity contribution in [1.29, 1.82) is 0 Å². The van der Waals surface area contributed by atoms with Gasteiger partial charge in [0.15, 0.2) is 5.58 Å². The number of halogens is 1. The van der Waals surface area contributed by atoms with Gasteiger partial charge in [-0.05, 0) is 35.7 Å². The molecule has 86 valence electrons. The van der Waals surface area contributed by atoms with E-state index < -0.39 is 0 Å². The molecule has 2 aromatic heterocycles. The Morgan fingerprint density at radius 2 is 1.89 bits per heavy atom. The van der Waals surface area contributed by atoms with Gasteiger partial charge in [-0.15, -0.1) is 0 Å². The highest BCUT2D eigenvalue weighted by molar-refractivity contribution is 6.36. The van der Waals surface area contributed by atoms with Crippen molar-refractivity contribution in [3.8, 4) is 0 Å². The average molecular weight is 254 g/mol. The molecule has 0 radical (unpaired) electrons. The maximum absolute atomic E-state index is 6.20. The van der Waals surface area contributed by atoms with Crippen LogP contribution in [0.4, 0.5) is 0 Å². The van der Waals surface area contributed by atoms with Crippen molar-refractivity contribution in [2.75, 3.05) is 0 Å². The molecule has 0 amide bonds. The van der Waals surface area contributed by atoms with Gasteiger partial charge in [-0.3, -0.25) is 4.98 Å². The molecule has 3 heteroatoms. The minimum atomic E-state index is 0.739. The molecule has 0 bridgehead atoms. The maximum Gasteiger partial charge on any atom is 0.153 e. The average Bonchev–Trinajstić information content (AvgIpc) is 2.75. The third kappa shape index (κ3) is 1.27. The monoisotopic (exact) mass is 253 g/mol. The lowest BCUT2D eigenvalue weighted by Crippen LogP contribution is -1.75. The number of furan rings is 1. The summed E-state index contributed by atoms with van der Waals surface area (Å²) in [6.45, 7) is 0. The Labute approximate surface area is 108 Å². The standard InChI is InChI=1S/C15H8ClNO/c16-12-4-1-3-9-7-11-14(8-10(9)12)18-13-5-2-6-17-15(11)13/h1-8H. The fraction of sp³-hybridized carbons (Fsp3) is 0. The summed E-state index contributed by atoms with van der Waals surface area (Å²) in [5.74, 6) is 0. The van der Waals surface area contributed by atoms with E-state index in [-0.39, 0.29) is 0 Å². The van der Waals surface area contributed by atoms with Gasteiger partial charge >= 0.3 is 0 Å². The van der Waals surface area contributed by atoms with E-state index in [0.717, 1.165) is 37.9 Å². The Balaban J connectivity index is 2.27. The molecular formula is C15H8ClNO. The molecule has 0 spiro atoms. The molecule has 2 aromatic carbocycles. The van der Waals surface area contributed by atoms with Crippen LogP contribution in [0.15, 0.2) is 53.1 Å². The van der Waals surface area contributed by atoms with Crippen LogP contribution < -0.4 is 0 Å². The number of benzene rings is 2. The summed E-state index contributed by atoms with van der Waals surface area (Å²) >= 11 is 6.20. The fourth-order valence-electron chi connectivity index (χ4n) is 2.33. The first-order valence-electron chi connectivity index (χ1n) is 5.68. The van der Waals surface area contributed by atoms with Crippen LogP contribution in [0.5, 0.6) is 0 Å². The zero-order valence-electron chi connectivity index (χ0n) is 9.35. The Morgan fingerprint density at radius 3 is 2.83 bits per heavy atom. The Morgan fingerprint density at radius 1 is 0.944 bits per heavy atom. The largest absolute Gasteiger partial charge is 0.454 e. The molecule has 0 saturated carbocycles. The van der Waals surface area contributed by atoms with Crippen molar-refractivity contribution >= 4 is 44.4 Å². The predicted octanol–water partition coefficient (Wildman–Crippen LogP) is 4.79. The van der Waals surface area contributed by atoms with Gasteiger partial charge in [-0.1, -0.05) is 23.7 Å². The van der Waals surface area contributed by atoms with Gasteiger partial charge in [0.2, 0.25) is 0 Å². The van der Waals surface area contributed by atoms with Crippen LogP contribution in [0, 0.1) is 0 Å². The van der Waals surface area contributed by atoms with Gasteiger partial charge in [0, 0.05) is 22.0 Å². The third-order valence-electron chi connectivity index (χ3n) is 3.17. The second kappa shape index (κ2) is 3.47. The number of pyridine rings is 1. The molecule has 0 N–H and O–H groups in total. The smallest absolute Gasteiger partial charge is 0.153 e. The van der Waals surface area contributed by atoms with Crippen molar-refractivity contribution < 1.29 is 4.42 Å². The van der Waals surface area contributed by atoms with E-state index in [1.165, 1.54) is 0 Å². The molecule has 4 rings (SSSR count). The molecule has 0 unspecified atom stereocenters. The first-order valence-corrected chi connectivity index (χ1v) is 6.06. The molecule has 18 heavy (non-hydrogen) atoms. The van der Waals surface area contributed by atoms with Crippen LogP contribution in [0.3, 0.4) is 0 Å². The zero-order chi connectivity index (χ0) is 12.1. The van der Waals surface area contributed by atoms with E-state index >= 15 is 0 Å². The summed E-state index contributed by atoms with van der Waals surface area (Å²) in [5, 5.41) is 3.87. The van der Waals surface area contributed by atoms with Crippen LogP contribution in [-0.2, 0) is 0 Å². The van der Waals surface area contributed by atoms with Crippen LogP contribution >= 0.6 is 11.6 Å². The highest BCUT2D eigenvalue weighted by Gasteiger charge is 2.09. The van der Waals surface area contributed by atoms with E-state index in [4.69, 9.17) is 16.0 Å². The van der Waals surface area contributed by atoms with E-state index in [2.05, 4.69) is 11.1 Å². The number of hydrogen-bond acceptors (Lipinski definition) is 2. The van der Waals surface area contributed by atoms with Crippen molar-refractivity contribution in [3.05, 3.63) is 53.7 Å². The lowest BCUT2D eigenvalue weighted by molar-refractivity contribution is 0.668. The number of rotatable bonds is 0. The van der Waals surface area contributed by atoms with Gasteiger partial charge in [0.1, 0.15) is 11.1 Å². The molecule has 0 atom stereocenters. The highest BCUT2D eigenvalue weighted by atomic mass is 35.5.